The highest BCUT2D eigenvalue weighted by Crippen LogP contribution is 2.35. The van der Waals surface area contributed by atoms with Crippen LogP contribution in [-0.2, 0) is 6.54 Å². The molecule has 1 aromatic heterocycles. The first-order valence-electron chi connectivity index (χ1n) is 6.22. The van der Waals surface area contributed by atoms with Crippen molar-refractivity contribution in [3.8, 4) is 0 Å². The number of benzene rings is 1. The molecular formula is C14H14N2O. The minimum Gasteiger partial charge on any atom is -0.346 e. The topological polar surface area (TPSA) is 34.0 Å². The van der Waals surface area contributed by atoms with E-state index in [-0.39, 0.29) is 5.91 Å². The molecule has 3 heteroatoms. The maximum absolute atomic E-state index is 12.1. The van der Waals surface area contributed by atoms with Crippen molar-refractivity contribution in [3.05, 3.63) is 36.0 Å². The number of hydrogen-bond donors (Lipinski definition) is 1. The average molecular weight is 226 g/mol. The van der Waals surface area contributed by atoms with Crippen molar-refractivity contribution in [2.45, 2.75) is 25.4 Å². The summed E-state index contributed by atoms with van der Waals surface area (Å²) in [5, 5.41) is 4.30. The molecule has 1 aliphatic carbocycles. The summed E-state index contributed by atoms with van der Waals surface area (Å²) >= 11 is 0. The zero-order valence-corrected chi connectivity index (χ0v) is 9.52. The Morgan fingerprint density at radius 3 is 2.88 bits per heavy atom. The number of carbonyl (C=O) groups excluding carboxylic acids is 1. The molecule has 17 heavy (non-hydrogen) atoms. The van der Waals surface area contributed by atoms with Crippen LogP contribution < -0.4 is 5.32 Å². The van der Waals surface area contributed by atoms with Crippen molar-refractivity contribution in [2.24, 2.45) is 5.92 Å². The van der Waals surface area contributed by atoms with Crippen LogP contribution in [0.1, 0.15) is 23.3 Å². The summed E-state index contributed by atoms with van der Waals surface area (Å²) < 4.78 is 2.18. The van der Waals surface area contributed by atoms with Gasteiger partial charge in [-0.05, 0) is 30.9 Å². The fourth-order valence-electron chi connectivity index (χ4n) is 2.85. The van der Waals surface area contributed by atoms with Gasteiger partial charge in [0.1, 0.15) is 5.69 Å². The lowest BCUT2D eigenvalue weighted by atomic mass is 10.1. The Bertz CT molecular complexity index is 610. The summed E-state index contributed by atoms with van der Waals surface area (Å²) in [4.78, 5) is 12.1. The van der Waals surface area contributed by atoms with Crippen molar-refractivity contribution in [1.29, 1.82) is 0 Å². The highest BCUT2D eigenvalue weighted by atomic mass is 16.2. The molecule has 1 aromatic carbocycles. The maximum Gasteiger partial charge on any atom is 0.268 e. The quantitative estimate of drug-likeness (QED) is 0.794. The molecule has 4 rings (SSSR count). The van der Waals surface area contributed by atoms with Crippen molar-refractivity contribution in [3.63, 3.8) is 0 Å². The molecule has 1 atom stereocenters. The Hall–Kier alpha value is -1.77. The number of fused-ring (bicyclic) bond motifs is 3. The van der Waals surface area contributed by atoms with Gasteiger partial charge in [0, 0.05) is 23.5 Å². The van der Waals surface area contributed by atoms with Gasteiger partial charge in [-0.25, -0.2) is 0 Å². The molecule has 0 spiro atoms. The molecule has 1 amide bonds. The third kappa shape index (κ3) is 1.32. The molecule has 0 radical (unpaired) electrons. The lowest BCUT2D eigenvalue weighted by molar-refractivity contribution is 0.0895. The van der Waals surface area contributed by atoms with Crippen LogP contribution >= 0.6 is 0 Å². The van der Waals surface area contributed by atoms with E-state index in [1.165, 1.54) is 18.4 Å². The van der Waals surface area contributed by atoms with Crippen LogP contribution in [0, 0.1) is 5.92 Å². The Labute approximate surface area is 99.4 Å². The highest BCUT2D eigenvalue weighted by molar-refractivity contribution is 5.99. The van der Waals surface area contributed by atoms with Crippen LogP contribution in [-0.4, -0.2) is 16.5 Å². The molecule has 2 heterocycles. The van der Waals surface area contributed by atoms with Gasteiger partial charge in [0.25, 0.3) is 5.91 Å². The van der Waals surface area contributed by atoms with E-state index in [0.29, 0.717) is 12.0 Å². The van der Waals surface area contributed by atoms with Crippen LogP contribution in [0.4, 0.5) is 0 Å². The summed E-state index contributed by atoms with van der Waals surface area (Å²) in [7, 11) is 0. The molecule has 2 aromatic rings. The molecular weight excluding hydrogens is 212 g/mol. The van der Waals surface area contributed by atoms with E-state index in [1.54, 1.807) is 0 Å². The Morgan fingerprint density at radius 1 is 1.24 bits per heavy atom. The van der Waals surface area contributed by atoms with E-state index in [0.717, 1.165) is 17.6 Å². The standard InChI is InChI=1S/C14H14N2O/c17-14-13-7-10-3-1-2-4-12(10)16(13)8-11(15-14)9-5-6-9/h1-4,7,9,11H,5-6,8H2,(H,15,17). The van der Waals surface area contributed by atoms with Gasteiger partial charge >= 0.3 is 0 Å². The summed E-state index contributed by atoms with van der Waals surface area (Å²) in [5.41, 5.74) is 1.99. The van der Waals surface area contributed by atoms with Crippen molar-refractivity contribution < 1.29 is 4.79 Å². The Kier molecular flexibility index (Phi) is 1.71. The van der Waals surface area contributed by atoms with Crippen molar-refractivity contribution >= 4 is 16.8 Å². The fourth-order valence-corrected chi connectivity index (χ4v) is 2.85. The van der Waals surface area contributed by atoms with Gasteiger partial charge in [0.15, 0.2) is 0 Å². The number of aromatic nitrogens is 1. The van der Waals surface area contributed by atoms with Gasteiger partial charge in [-0.15, -0.1) is 0 Å². The van der Waals surface area contributed by atoms with Gasteiger partial charge < -0.3 is 9.88 Å². The van der Waals surface area contributed by atoms with Crippen LogP contribution in [0.15, 0.2) is 30.3 Å². The Morgan fingerprint density at radius 2 is 2.06 bits per heavy atom. The van der Waals surface area contributed by atoms with Gasteiger partial charge in [-0.3, -0.25) is 4.79 Å². The predicted molar refractivity (Wildman–Crippen MR) is 65.9 cm³/mol. The molecule has 1 aliphatic heterocycles. The molecule has 3 nitrogen and oxygen atoms in total. The summed E-state index contributed by atoms with van der Waals surface area (Å²) in [6.45, 7) is 0.930. The lowest BCUT2D eigenvalue weighted by Crippen LogP contribution is -2.45. The number of carbonyl (C=O) groups is 1. The third-order valence-corrected chi connectivity index (χ3v) is 3.93. The minimum absolute atomic E-state index is 0.0874. The monoisotopic (exact) mass is 226 g/mol. The molecule has 1 fully saturated rings. The van der Waals surface area contributed by atoms with Gasteiger partial charge in [0.2, 0.25) is 0 Å². The van der Waals surface area contributed by atoms with E-state index >= 15 is 0 Å². The van der Waals surface area contributed by atoms with Crippen molar-refractivity contribution in [1.82, 2.24) is 9.88 Å². The number of hydrogen-bond acceptors (Lipinski definition) is 1. The number of nitrogens with zero attached hydrogens (tertiary/aromatic N) is 1. The van der Waals surface area contributed by atoms with Gasteiger partial charge in [-0.1, -0.05) is 18.2 Å². The normalized spacial score (nSPS) is 23.5. The maximum atomic E-state index is 12.1. The molecule has 0 bridgehead atoms. The minimum atomic E-state index is 0.0874. The second-order valence-corrected chi connectivity index (χ2v) is 5.12. The van der Waals surface area contributed by atoms with Crippen LogP contribution in [0.25, 0.3) is 10.9 Å². The lowest BCUT2D eigenvalue weighted by Gasteiger charge is -2.26. The predicted octanol–water partition coefficient (Wildman–Crippen LogP) is 2.16. The molecule has 0 saturated heterocycles. The molecule has 1 N–H and O–H groups in total. The van der Waals surface area contributed by atoms with Crippen LogP contribution in [0.2, 0.25) is 0 Å². The summed E-state index contributed by atoms with van der Waals surface area (Å²) in [6.07, 6.45) is 2.53. The number of para-hydroxylation sites is 1. The molecule has 2 aliphatic rings. The number of amides is 1. The molecule has 1 saturated carbocycles. The first kappa shape index (κ1) is 9.28. The van der Waals surface area contributed by atoms with Crippen LogP contribution in [0.3, 0.4) is 0 Å². The van der Waals surface area contributed by atoms with E-state index in [9.17, 15) is 4.79 Å². The zero-order chi connectivity index (χ0) is 11.4. The first-order valence-corrected chi connectivity index (χ1v) is 6.22. The largest absolute Gasteiger partial charge is 0.346 e. The first-order chi connectivity index (χ1) is 8.33. The SMILES string of the molecule is O=C1NC(C2CC2)Cn2c1cc1ccccc12. The molecule has 1 unspecified atom stereocenters. The summed E-state index contributed by atoms with van der Waals surface area (Å²) in [6, 6.07) is 10.6. The zero-order valence-electron chi connectivity index (χ0n) is 9.52. The van der Waals surface area contributed by atoms with Crippen molar-refractivity contribution in [2.75, 3.05) is 0 Å². The average Bonchev–Trinajstić information content (AvgIpc) is 3.11. The van der Waals surface area contributed by atoms with E-state index in [1.807, 2.05) is 18.2 Å². The fraction of sp³-hybridized carbons (Fsp3) is 0.357. The van der Waals surface area contributed by atoms with E-state index < -0.39 is 0 Å². The van der Waals surface area contributed by atoms with E-state index in [4.69, 9.17) is 0 Å². The third-order valence-electron chi connectivity index (χ3n) is 3.93. The van der Waals surface area contributed by atoms with Gasteiger partial charge in [0.05, 0.1) is 0 Å². The highest BCUT2D eigenvalue weighted by Gasteiger charge is 2.36. The second kappa shape index (κ2) is 3.13. The smallest absolute Gasteiger partial charge is 0.268 e. The second-order valence-electron chi connectivity index (χ2n) is 5.12. The summed E-state index contributed by atoms with van der Waals surface area (Å²) in [5.74, 6) is 0.789. The number of rotatable bonds is 1. The van der Waals surface area contributed by atoms with Crippen LogP contribution in [0.5, 0.6) is 0 Å². The van der Waals surface area contributed by atoms with E-state index in [2.05, 4.69) is 22.0 Å². The molecule has 86 valence electrons. The Balaban J connectivity index is 1.88. The van der Waals surface area contributed by atoms with Gasteiger partial charge in [-0.2, -0.15) is 0 Å². The number of nitrogens with one attached hydrogen (secondary N) is 1.